The minimum absolute atomic E-state index is 0.237. The van der Waals surface area contributed by atoms with Crippen LogP contribution in [0.15, 0.2) is 74.5 Å². The minimum atomic E-state index is -0.431. The van der Waals surface area contributed by atoms with Crippen LogP contribution >= 0.6 is 55.8 Å². The first-order valence-electron chi connectivity index (χ1n) is 10.7. The fourth-order valence-electron chi connectivity index (χ4n) is 3.29. The van der Waals surface area contributed by atoms with Crippen molar-refractivity contribution in [1.82, 2.24) is 10.4 Å². The quantitative estimate of drug-likeness (QED) is 0.229. The number of hydrogen-bond donors (Lipinski definition) is 1. The van der Waals surface area contributed by atoms with Crippen molar-refractivity contribution in [3.63, 3.8) is 0 Å². The van der Waals surface area contributed by atoms with Crippen molar-refractivity contribution in [2.24, 2.45) is 0 Å². The summed E-state index contributed by atoms with van der Waals surface area (Å²) in [7, 11) is 1.56. The molecule has 1 heterocycles. The van der Waals surface area contributed by atoms with Gasteiger partial charge in [0.25, 0.3) is 11.8 Å². The number of amides is 2. The van der Waals surface area contributed by atoms with Crippen LogP contribution in [0.5, 0.6) is 11.5 Å². The van der Waals surface area contributed by atoms with Crippen LogP contribution in [0.1, 0.15) is 27.0 Å². The Morgan fingerprint density at radius 1 is 1.11 bits per heavy atom. The van der Waals surface area contributed by atoms with Crippen LogP contribution in [0.3, 0.4) is 0 Å². The van der Waals surface area contributed by atoms with Crippen LogP contribution in [0, 0.1) is 6.92 Å². The second kappa shape index (κ2) is 11.6. The molecule has 6 nitrogen and oxygen atoms in total. The number of methoxy groups -OCH3 is 1. The highest BCUT2D eigenvalue weighted by molar-refractivity contribution is 9.10. The van der Waals surface area contributed by atoms with Crippen LogP contribution in [-0.2, 0) is 11.4 Å². The van der Waals surface area contributed by atoms with Gasteiger partial charge in [-0.2, -0.15) is 5.01 Å². The van der Waals surface area contributed by atoms with Crippen LogP contribution in [0.2, 0.25) is 0 Å². The molecule has 0 saturated carbocycles. The SMILES string of the molecule is COc1cc(/C=C2\SC(=S)N(NC(=O)c3ccc(Br)cc3)C2=O)cc(Br)c1OCc1ccc(C)cc1. The van der Waals surface area contributed by atoms with E-state index in [4.69, 9.17) is 21.7 Å². The average molecular weight is 648 g/mol. The topological polar surface area (TPSA) is 67.9 Å². The zero-order valence-corrected chi connectivity index (χ0v) is 24.0. The van der Waals surface area contributed by atoms with E-state index in [2.05, 4.69) is 37.3 Å². The first kappa shape index (κ1) is 26.4. The Kier molecular flexibility index (Phi) is 8.50. The molecule has 1 aliphatic heterocycles. The minimum Gasteiger partial charge on any atom is -0.493 e. The maximum atomic E-state index is 13.0. The zero-order chi connectivity index (χ0) is 25.8. The third kappa shape index (κ3) is 6.18. The first-order chi connectivity index (χ1) is 17.2. The second-order valence-electron chi connectivity index (χ2n) is 7.77. The molecule has 0 bridgehead atoms. The lowest BCUT2D eigenvalue weighted by molar-refractivity contribution is -0.123. The summed E-state index contributed by atoms with van der Waals surface area (Å²) in [5, 5.41) is 1.08. The predicted molar refractivity (Wildman–Crippen MR) is 153 cm³/mol. The molecule has 0 unspecified atom stereocenters. The molecule has 0 radical (unpaired) electrons. The van der Waals surface area contributed by atoms with Gasteiger partial charge < -0.3 is 9.47 Å². The molecule has 0 aromatic heterocycles. The standard InChI is InChI=1S/C26H20Br2N2O4S2/c1-15-3-5-16(6-4-15)14-34-23-20(28)11-17(12-21(23)33-2)13-22-25(32)30(26(35)36-22)29-24(31)18-7-9-19(27)10-8-18/h3-13H,14H2,1-2H3,(H,29,31)/b22-13-. The molecule has 3 aromatic rings. The Morgan fingerprint density at radius 2 is 1.81 bits per heavy atom. The van der Waals surface area contributed by atoms with E-state index in [1.54, 1.807) is 43.5 Å². The number of hydrazine groups is 1. The highest BCUT2D eigenvalue weighted by Gasteiger charge is 2.34. The molecule has 184 valence electrons. The second-order valence-corrected chi connectivity index (χ2v) is 11.2. The third-order valence-corrected chi connectivity index (χ3v) is 7.59. The lowest BCUT2D eigenvalue weighted by atomic mass is 10.1. The Labute approximate surface area is 235 Å². The predicted octanol–water partition coefficient (Wildman–Crippen LogP) is 6.65. The van der Waals surface area contributed by atoms with E-state index in [0.29, 0.717) is 38.6 Å². The largest absolute Gasteiger partial charge is 0.493 e. The van der Waals surface area contributed by atoms with Gasteiger partial charge in [-0.1, -0.05) is 57.5 Å². The highest BCUT2D eigenvalue weighted by atomic mass is 79.9. The number of thioether (sulfide) groups is 1. The summed E-state index contributed by atoms with van der Waals surface area (Å²) in [4.78, 5) is 25.9. The van der Waals surface area contributed by atoms with Crippen molar-refractivity contribution >= 4 is 78.1 Å². The monoisotopic (exact) mass is 646 g/mol. The Hall–Kier alpha value is -2.66. The molecule has 0 atom stereocenters. The van der Waals surface area contributed by atoms with E-state index in [-0.39, 0.29) is 4.32 Å². The molecule has 0 aliphatic carbocycles. The van der Waals surface area contributed by atoms with Gasteiger partial charge in [0, 0.05) is 10.0 Å². The fraction of sp³-hybridized carbons (Fsp3) is 0.115. The van der Waals surface area contributed by atoms with Crippen LogP contribution in [0.4, 0.5) is 0 Å². The Balaban J connectivity index is 1.50. The molecule has 10 heteroatoms. The number of rotatable bonds is 7. The van der Waals surface area contributed by atoms with Gasteiger partial charge in [0.1, 0.15) is 6.61 Å². The van der Waals surface area contributed by atoms with E-state index in [0.717, 1.165) is 26.8 Å². The Bertz CT molecular complexity index is 1360. The number of carbonyl (C=O) groups is 2. The Morgan fingerprint density at radius 3 is 2.47 bits per heavy atom. The van der Waals surface area contributed by atoms with Crippen molar-refractivity contribution < 1.29 is 19.1 Å². The summed E-state index contributed by atoms with van der Waals surface area (Å²) in [5.74, 6) is 0.232. The van der Waals surface area contributed by atoms with E-state index in [1.807, 2.05) is 37.3 Å². The molecule has 1 aliphatic rings. The summed E-state index contributed by atoms with van der Waals surface area (Å²) < 4.78 is 13.3. The summed E-state index contributed by atoms with van der Waals surface area (Å²) in [5.41, 5.74) is 5.91. The smallest absolute Gasteiger partial charge is 0.285 e. The van der Waals surface area contributed by atoms with Gasteiger partial charge in [-0.05, 0) is 88.7 Å². The molecule has 1 saturated heterocycles. The molecular weight excluding hydrogens is 628 g/mol. The summed E-state index contributed by atoms with van der Waals surface area (Å²) in [6, 6.07) is 18.5. The molecule has 0 spiro atoms. The normalized spacial score (nSPS) is 14.3. The van der Waals surface area contributed by atoms with E-state index < -0.39 is 11.8 Å². The van der Waals surface area contributed by atoms with Crippen molar-refractivity contribution in [3.05, 3.63) is 96.8 Å². The van der Waals surface area contributed by atoms with Crippen LogP contribution in [0.25, 0.3) is 6.08 Å². The molecular formula is C26H20Br2N2O4S2. The van der Waals surface area contributed by atoms with Gasteiger partial charge in [-0.3, -0.25) is 15.0 Å². The number of benzene rings is 3. The van der Waals surface area contributed by atoms with Gasteiger partial charge in [0.2, 0.25) is 0 Å². The average Bonchev–Trinajstić information content (AvgIpc) is 3.11. The highest BCUT2D eigenvalue weighted by Crippen LogP contribution is 2.39. The van der Waals surface area contributed by atoms with Gasteiger partial charge in [0.05, 0.1) is 16.5 Å². The number of aryl methyl sites for hydroxylation is 1. The van der Waals surface area contributed by atoms with Crippen molar-refractivity contribution in [2.45, 2.75) is 13.5 Å². The number of nitrogens with one attached hydrogen (secondary N) is 1. The third-order valence-electron chi connectivity index (χ3n) is 5.17. The number of carbonyl (C=O) groups excluding carboxylic acids is 2. The lowest BCUT2D eigenvalue weighted by Crippen LogP contribution is -2.44. The van der Waals surface area contributed by atoms with Gasteiger partial charge >= 0.3 is 0 Å². The molecule has 3 aromatic carbocycles. The molecule has 4 rings (SSSR count). The number of nitrogens with zero attached hydrogens (tertiary/aromatic N) is 1. The van der Waals surface area contributed by atoms with Crippen molar-refractivity contribution in [3.8, 4) is 11.5 Å². The molecule has 1 fully saturated rings. The maximum absolute atomic E-state index is 13.0. The maximum Gasteiger partial charge on any atom is 0.285 e. The fourth-order valence-corrected chi connectivity index (χ4v) is 5.30. The van der Waals surface area contributed by atoms with Crippen LogP contribution in [-0.4, -0.2) is 28.3 Å². The van der Waals surface area contributed by atoms with E-state index in [9.17, 15) is 9.59 Å². The molecule has 2 amide bonds. The summed E-state index contributed by atoms with van der Waals surface area (Å²) >= 11 is 13.3. The zero-order valence-electron chi connectivity index (χ0n) is 19.2. The van der Waals surface area contributed by atoms with Gasteiger partial charge in [0.15, 0.2) is 15.8 Å². The van der Waals surface area contributed by atoms with Crippen LogP contribution < -0.4 is 14.9 Å². The molecule has 36 heavy (non-hydrogen) atoms. The lowest BCUT2D eigenvalue weighted by Gasteiger charge is -2.15. The number of halogens is 2. The first-order valence-corrected chi connectivity index (χ1v) is 13.5. The number of hydrogen-bond acceptors (Lipinski definition) is 6. The number of thiocarbonyl (C=S) groups is 1. The van der Waals surface area contributed by atoms with Gasteiger partial charge in [-0.25, -0.2) is 0 Å². The van der Waals surface area contributed by atoms with E-state index in [1.165, 1.54) is 5.56 Å². The van der Waals surface area contributed by atoms with Crippen molar-refractivity contribution in [1.29, 1.82) is 0 Å². The van der Waals surface area contributed by atoms with Crippen molar-refractivity contribution in [2.75, 3.05) is 7.11 Å². The number of ether oxygens (including phenoxy) is 2. The van der Waals surface area contributed by atoms with E-state index >= 15 is 0 Å². The summed E-state index contributed by atoms with van der Waals surface area (Å²) in [6.45, 7) is 2.42. The summed E-state index contributed by atoms with van der Waals surface area (Å²) in [6.07, 6.45) is 1.70. The molecule has 1 N–H and O–H groups in total. The van der Waals surface area contributed by atoms with Gasteiger partial charge in [-0.15, -0.1) is 0 Å².